The number of aromatic nitrogens is 1. The van der Waals surface area contributed by atoms with E-state index in [1.54, 1.807) is 0 Å². The molecule has 3 nitrogen and oxygen atoms in total. The second-order valence-electron chi connectivity index (χ2n) is 16.7. The predicted octanol–water partition coefficient (Wildman–Crippen LogP) is 16.7. The van der Waals surface area contributed by atoms with Gasteiger partial charge in [0, 0.05) is 50.2 Å². The highest BCUT2D eigenvalue weighted by Crippen LogP contribution is 2.48. The molecule has 0 saturated heterocycles. The molecular weight excluding hydrogens is 741 g/mol. The molecule has 0 aliphatic heterocycles. The van der Waals surface area contributed by atoms with Gasteiger partial charge in [-0.1, -0.05) is 153 Å². The molecule has 1 aliphatic carbocycles. The number of rotatable bonds is 7. The quantitative estimate of drug-likeness (QED) is 0.161. The van der Waals surface area contributed by atoms with Crippen LogP contribution in [0.25, 0.3) is 82.5 Å². The molecule has 1 aliphatic rings. The lowest BCUT2D eigenvalue weighted by atomic mass is 9.80. The summed E-state index contributed by atoms with van der Waals surface area (Å²) in [5.41, 5.74) is 14.9. The molecule has 9 aromatic carbocycles. The van der Waals surface area contributed by atoms with Crippen LogP contribution in [0.2, 0.25) is 0 Å². The summed E-state index contributed by atoms with van der Waals surface area (Å²) >= 11 is 0. The van der Waals surface area contributed by atoms with Crippen LogP contribution in [0.5, 0.6) is 0 Å². The first-order valence-corrected chi connectivity index (χ1v) is 21.8. The summed E-state index contributed by atoms with van der Waals surface area (Å²) in [6, 6.07) is 73.2. The summed E-state index contributed by atoms with van der Waals surface area (Å²) in [5, 5.41) is 7.42. The van der Waals surface area contributed by atoms with Crippen molar-refractivity contribution in [1.82, 2.24) is 4.57 Å². The maximum Gasteiger partial charge on any atom is 0.137 e. The standard InChI is InChI=1S/C58H44N2O/c1-3-17-39(18-4-1)45-28-14-19-40-20-15-30-50(57(40)45)47-25-7-10-31-52(47)59(44-35-36-49-48-26-9-12-34-55(48)61-56(49)38-44)43-24-13-21-41(37-43)46-29-16-33-54-58(46)51-27-8-11-32-53(51)60(54)42-22-5-2-6-23-42/h2,5-16,19-39H,1,3-4,17-18H2. The number of para-hydroxylation sites is 4. The van der Waals surface area contributed by atoms with E-state index in [-0.39, 0.29) is 0 Å². The van der Waals surface area contributed by atoms with Crippen molar-refractivity contribution in [2.45, 2.75) is 38.0 Å². The molecule has 0 atom stereocenters. The molecule has 2 heterocycles. The topological polar surface area (TPSA) is 21.3 Å². The highest BCUT2D eigenvalue weighted by molar-refractivity contribution is 6.16. The second kappa shape index (κ2) is 14.7. The average Bonchev–Trinajstić information content (AvgIpc) is 3.88. The van der Waals surface area contributed by atoms with E-state index in [0.717, 1.165) is 50.3 Å². The van der Waals surface area contributed by atoms with E-state index < -0.39 is 0 Å². The normalized spacial score (nSPS) is 13.5. The highest BCUT2D eigenvalue weighted by Gasteiger charge is 2.24. The van der Waals surface area contributed by atoms with Crippen LogP contribution in [0.3, 0.4) is 0 Å². The van der Waals surface area contributed by atoms with Crippen LogP contribution in [-0.4, -0.2) is 4.57 Å². The largest absolute Gasteiger partial charge is 0.456 e. The Morgan fingerprint density at radius 2 is 1.11 bits per heavy atom. The van der Waals surface area contributed by atoms with Crippen LogP contribution in [0.1, 0.15) is 43.6 Å². The predicted molar refractivity (Wildman–Crippen MR) is 257 cm³/mol. The Morgan fingerprint density at radius 3 is 2.02 bits per heavy atom. The zero-order valence-corrected chi connectivity index (χ0v) is 34.0. The van der Waals surface area contributed by atoms with E-state index in [1.807, 2.05) is 6.07 Å². The summed E-state index contributed by atoms with van der Waals surface area (Å²) in [6.07, 6.45) is 6.44. The molecule has 0 N–H and O–H groups in total. The summed E-state index contributed by atoms with van der Waals surface area (Å²) < 4.78 is 8.96. The summed E-state index contributed by atoms with van der Waals surface area (Å²) in [5.74, 6) is 0.574. The molecule has 0 bridgehead atoms. The third-order valence-corrected chi connectivity index (χ3v) is 13.2. The van der Waals surface area contributed by atoms with Crippen LogP contribution in [0, 0.1) is 0 Å². The van der Waals surface area contributed by atoms with Gasteiger partial charge in [-0.25, -0.2) is 0 Å². The lowest BCUT2D eigenvalue weighted by Crippen LogP contribution is -2.11. The average molecular weight is 785 g/mol. The van der Waals surface area contributed by atoms with E-state index in [4.69, 9.17) is 4.42 Å². The highest BCUT2D eigenvalue weighted by atomic mass is 16.3. The van der Waals surface area contributed by atoms with E-state index in [9.17, 15) is 0 Å². The van der Waals surface area contributed by atoms with Crippen molar-refractivity contribution < 1.29 is 4.42 Å². The molecule has 12 rings (SSSR count). The molecule has 1 saturated carbocycles. The van der Waals surface area contributed by atoms with Gasteiger partial charge in [0.1, 0.15) is 11.2 Å². The summed E-state index contributed by atoms with van der Waals surface area (Å²) in [6.45, 7) is 0. The van der Waals surface area contributed by atoms with Crippen molar-refractivity contribution in [3.63, 3.8) is 0 Å². The summed E-state index contributed by atoms with van der Waals surface area (Å²) in [4.78, 5) is 2.45. The van der Waals surface area contributed by atoms with Gasteiger partial charge in [-0.05, 0) is 112 Å². The van der Waals surface area contributed by atoms with Gasteiger partial charge in [0.2, 0.25) is 0 Å². The van der Waals surface area contributed by atoms with Gasteiger partial charge in [-0.3, -0.25) is 0 Å². The fourth-order valence-corrected chi connectivity index (χ4v) is 10.5. The first-order chi connectivity index (χ1) is 30.3. The van der Waals surface area contributed by atoms with Crippen molar-refractivity contribution in [3.05, 3.63) is 206 Å². The van der Waals surface area contributed by atoms with Crippen molar-refractivity contribution in [2.24, 2.45) is 0 Å². The Balaban J connectivity index is 1.09. The number of nitrogens with zero attached hydrogens (tertiary/aromatic N) is 2. The molecule has 0 spiro atoms. The van der Waals surface area contributed by atoms with Crippen molar-refractivity contribution >= 4 is 71.6 Å². The summed E-state index contributed by atoms with van der Waals surface area (Å²) in [7, 11) is 0. The van der Waals surface area contributed by atoms with Gasteiger partial charge >= 0.3 is 0 Å². The molecule has 0 unspecified atom stereocenters. The Morgan fingerprint density at radius 1 is 0.443 bits per heavy atom. The number of fused-ring (bicyclic) bond motifs is 7. The van der Waals surface area contributed by atoms with Gasteiger partial charge in [-0.15, -0.1) is 0 Å². The molecule has 0 amide bonds. The Bertz CT molecular complexity index is 3420. The van der Waals surface area contributed by atoms with Crippen LogP contribution >= 0.6 is 0 Å². The van der Waals surface area contributed by atoms with Gasteiger partial charge < -0.3 is 13.9 Å². The van der Waals surface area contributed by atoms with E-state index >= 15 is 0 Å². The fourth-order valence-electron chi connectivity index (χ4n) is 10.5. The van der Waals surface area contributed by atoms with Gasteiger partial charge in [-0.2, -0.15) is 0 Å². The van der Waals surface area contributed by atoms with E-state index in [2.05, 4.69) is 204 Å². The van der Waals surface area contributed by atoms with Crippen LogP contribution in [-0.2, 0) is 0 Å². The van der Waals surface area contributed by atoms with Crippen LogP contribution < -0.4 is 4.90 Å². The van der Waals surface area contributed by atoms with Gasteiger partial charge in [0.15, 0.2) is 0 Å². The lowest BCUT2D eigenvalue weighted by Gasteiger charge is -2.29. The SMILES string of the molecule is c1ccc(-n2c3ccccc3c3c(-c4cccc(N(c5ccc6c(c5)oc5ccccc56)c5ccccc5-c5cccc6cccc(C7CCCCC7)c56)c4)cccc32)cc1. The molecular formula is C58H44N2O. The lowest BCUT2D eigenvalue weighted by molar-refractivity contribution is 0.445. The minimum absolute atomic E-state index is 0.574. The molecule has 1 fully saturated rings. The Labute approximate surface area is 355 Å². The molecule has 2 aromatic heterocycles. The molecule has 11 aromatic rings. The minimum atomic E-state index is 0.574. The van der Waals surface area contributed by atoms with E-state index in [1.165, 1.54) is 86.9 Å². The molecule has 0 radical (unpaired) electrons. The zero-order valence-electron chi connectivity index (χ0n) is 34.0. The fraction of sp³-hybridized carbons (Fsp3) is 0.103. The van der Waals surface area contributed by atoms with Crippen molar-refractivity contribution in [2.75, 3.05) is 4.90 Å². The number of anilines is 3. The van der Waals surface area contributed by atoms with Gasteiger partial charge in [0.25, 0.3) is 0 Å². The number of hydrogen-bond acceptors (Lipinski definition) is 2. The maximum atomic E-state index is 6.56. The molecule has 61 heavy (non-hydrogen) atoms. The molecule has 292 valence electrons. The minimum Gasteiger partial charge on any atom is -0.456 e. The zero-order chi connectivity index (χ0) is 40.3. The first-order valence-electron chi connectivity index (χ1n) is 21.8. The molecule has 3 heteroatoms. The van der Waals surface area contributed by atoms with E-state index in [0.29, 0.717) is 5.92 Å². The number of hydrogen-bond donors (Lipinski definition) is 0. The third-order valence-electron chi connectivity index (χ3n) is 13.2. The number of benzene rings is 9. The maximum absolute atomic E-state index is 6.56. The Kier molecular flexibility index (Phi) is 8.59. The van der Waals surface area contributed by atoms with Crippen LogP contribution in [0.4, 0.5) is 17.1 Å². The van der Waals surface area contributed by atoms with Crippen molar-refractivity contribution in [1.29, 1.82) is 0 Å². The Hall–Kier alpha value is -7.36. The number of furan rings is 1. The second-order valence-corrected chi connectivity index (χ2v) is 16.7. The smallest absolute Gasteiger partial charge is 0.137 e. The first kappa shape index (κ1) is 35.6. The van der Waals surface area contributed by atoms with Crippen molar-refractivity contribution in [3.8, 4) is 27.9 Å². The van der Waals surface area contributed by atoms with Crippen LogP contribution in [0.15, 0.2) is 205 Å². The monoisotopic (exact) mass is 784 g/mol. The van der Waals surface area contributed by atoms with Gasteiger partial charge in [0.05, 0.1) is 16.7 Å². The third kappa shape index (κ3) is 5.95.